The Morgan fingerprint density at radius 1 is 1.50 bits per heavy atom. The van der Waals surface area contributed by atoms with E-state index in [1.807, 2.05) is 6.92 Å². The summed E-state index contributed by atoms with van der Waals surface area (Å²) in [5.41, 5.74) is 5.54. The topological polar surface area (TPSA) is 84.5 Å². The number of hydrogen-bond donors (Lipinski definition) is 2. The van der Waals surface area contributed by atoms with E-state index in [9.17, 15) is 9.59 Å². The summed E-state index contributed by atoms with van der Waals surface area (Å²) in [4.78, 5) is 26.2. The summed E-state index contributed by atoms with van der Waals surface area (Å²) in [7, 11) is 1.53. The molecule has 0 aromatic rings. The van der Waals surface area contributed by atoms with Crippen LogP contribution < -0.4 is 11.1 Å². The molecule has 0 bridgehead atoms. The van der Waals surface area contributed by atoms with Gasteiger partial charge >= 0.3 is 0 Å². The van der Waals surface area contributed by atoms with Crippen molar-refractivity contribution in [2.45, 2.75) is 20.3 Å². The van der Waals surface area contributed by atoms with E-state index >= 15 is 0 Å². The van der Waals surface area contributed by atoms with Crippen LogP contribution in [0.4, 0.5) is 0 Å². The van der Waals surface area contributed by atoms with Crippen LogP contribution >= 0.6 is 0 Å². The van der Waals surface area contributed by atoms with Gasteiger partial charge in [-0.05, 0) is 13.3 Å². The van der Waals surface area contributed by atoms with Crippen LogP contribution in [0.1, 0.15) is 20.3 Å². The van der Waals surface area contributed by atoms with Gasteiger partial charge in [0.2, 0.25) is 11.8 Å². The van der Waals surface area contributed by atoms with E-state index in [0.29, 0.717) is 12.3 Å². The monoisotopic (exact) mass is 199 g/mol. The molecule has 80 valence electrons. The SMILES string of the molecule is CCCNC(=O)C(C(N)=O)C(C)=NC. The second-order valence-corrected chi connectivity index (χ2v) is 2.99. The van der Waals surface area contributed by atoms with Crippen molar-refractivity contribution in [3.8, 4) is 0 Å². The number of carbonyl (C=O) groups excluding carboxylic acids is 2. The fourth-order valence-corrected chi connectivity index (χ4v) is 1.00. The van der Waals surface area contributed by atoms with Gasteiger partial charge in [0.1, 0.15) is 0 Å². The molecular weight excluding hydrogens is 182 g/mol. The minimum absolute atomic E-state index is 0.373. The highest BCUT2D eigenvalue weighted by Gasteiger charge is 2.26. The maximum Gasteiger partial charge on any atom is 0.238 e. The average molecular weight is 199 g/mol. The van der Waals surface area contributed by atoms with Crippen molar-refractivity contribution < 1.29 is 9.59 Å². The molecule has 14 heavy (non-hydrogen) atoms. The lowest BCUT2D eigenvalue weighted by Gasteiger charge is -2.12. The van der Waals surface area contributed by atoms with Gasteiger partial charge in [-0.3, -0.25) is 14.6 Å². The highest BCUT2D eigenvalue weighted by Crippen LogP contribution is 1.99. The first-order chi connectivity index (χ1) is 6.54. The predicted molar refractivity (Wildman–Crippen MR) is 55.0 cm³/mol. The molecule has 3 N–H and O–H groups in total. The Hall–Kier alpha value is -1.39. The Labute approximate surface area is 83.8 Å². The van der Waals surface area contributed by atoms with Gasteiger partial charge in [-0.15, -0.1) is 0 Å². The van der Waals surface area contributed by atoms with Crippen LogP contribution in [0.25, 0.3) is 0 Å². The molecule has 0 aromatic heterocycles. The summed E-state index contributed by atoms with van der Waals surface area (Å²) in [5, 5.41) is 2.61. The van der Waals surface area contributed by atoms with E-state index in [2.05, 4.69) is 10.3 Å². The normalized spacial score (nSPS) is 13.5. The molecule has 1 atom stereocenters. The fraction of sp³-hybridized carbons (Fsp3) is 0.667. The minimum atomic E-state index is -0.938. The molecule has 0 rings (SSSR count). The Bertz CT molecular complexity index is 248. The Balaban J connectivity index is 4.51. The third-order valence-electron chi connectivity index (χ3n) is 1.87. The molecule has 0 radical (unpaired) electrons. The molecule has 0 fully saturated rings. The second-order valence-electron chi connectivity index (χ2n) is 2.99. The third-order valence-corrected chi connectivity index (χ3v) is 1.87. The van der Waals surface area contributed by atoms with Crippen molar-refractivity contribution in [3.63, 3.8) is 0 Å². The Morgan fingerprint density at radius 2 is 2.07 bits per heavy atom. The summed E-state index contributed by atoms with van der Waals surface area (Å²) in [5.74, 6) is -1.98. The van der Waals surface area contributed by atoms with Crippen LogP contribution in [-0.4, -0.2) is 31.1 Å². The zero-order valence-electron chi connectivity index (χ0n) is 8.83. The third kappa shape index (κ3) is 3.55. The van der Waals surface area contributed by atoms with Crippen molar-refractivity contribution in [2.75, 3.05) is 13.6 Å². The van der Waals surface area contributed by atoms with Crippen molar-refractivity contribution in [1.29, 1.82) is 0 Å². The van der Waals surface area contributed by atoms with E-state index < -0.39 is 11.8 Å². The molecule has 1 unspecified atom stereocenters. The van der Waals surface area contributed by atoms with E-state index in [4.69, 9.17) is 5.73 Å². The maximum atomic E-state index is 11.5. The van der Waals surface area contributed by atoms with Gasteiger partial charge in [0.05, 0.1) is 0 Å². The van der Waals surface area contributed by atoms with Crippen LogP contribution in [-0.2, 0) is 9.59 Å². The summed E-state index contributed by atoms with van der Waals surface area (Å²) in [6.07, 6.45) is 0.819. The summed E-state index contributed by atoms with van der Waals surface area (Å²) < 4.78 is 0. The lowest BCUT2D eigenvalue weighted by molar-refractivity contribution is -0.130. The number of carbonyl (C=O) groups is 2. The smallest absolute Gasteiger partial charge is 0.238 e. The van der Waals surface area contributed by atoms with Gasteiger partial charge < -0.3 is 11.1 Å². The van der Waals surface area contributed by atoms with Crippen molar-refractivity contribution in [1.82, 2.24) is 5.32 Å². The van der Waals surface area contributed by atoms with Gasteiger partial charge in [0, 0.05) is 19.3 Å². The largest absolute Gasteiger partial charge is 0.369 e. The highest BCUT2D eigenvalue weighted by atomic mass is 16.2. The van der Waals surface area contributed by atoms with Gasteiger partial charge in [-0.2, -0.15) is 0 Å². The zero-order valence-corrected chi connectivity index (χ0v) is 8.83. The molecule has 0 aliphatic heterocycles. The molecule has 0 heterocycles. The summed E-state index contributed by atoms with van der Waals surface area (Å²) >= 11 is 0. The van der Waals surface area contributed by atoms with Crippen molar-refractivity contribution in [3.05, 3.63) is 0 Å². The summed E-state index contributed by atoms with van der Waals surface area (Å²) in [6, 6.07) is 0. The Kier molecular flexibility index (Phi) is 5.52. The zero-order chi connectivity index (χ0) is 11.1. The number of aliphatic imine (C=N–C) groups is 1. The van der Waals surface area contributed by atoms with E-state index in [-0.39, 0.29) is 5.91 Å². The van der Waals surface area contributed by atoms with E-state index in [1.165, 1.54) is 7.05 Å². The minimum Gasteiger partial charge on any atom is -0.369 e. The van der Waals surface area contributed by atoms with Gasteiger partial charge in [-0.25, -0.2) is 0 Å². The lowest BCUT2D eigenvalue weighted by atomic mass is 10.0. The van der Waals surface area contributed by atoms with E-state index in [1.54, 1.807) is 6.92 Å². The number of amides is 2. The first kappa shape index (κ1) is 12.6. The molecule has 0 aliphatic carbocycles. The summed E-state index contributed by atoms with van der Waals surface area (Å²) in [6.45, 7) is 4.08. The number of nitrogens with one attached hydrogen (secondary N) is 1. The van der Waals surface area contributed by atoms with Crippen LogP contribution in [0.15, 0.2) is 4.99 Å². The number of nitrogens with zero attached hydrogens (tertiary/aromatic N) is 1. The van der Waals surface area contributed by atoms with Crippen LogP contribution in [0, 0.1) is 5.92 Å². The van der Waals surface area contributed by atoms with Crippen LogP contribution in [0.2, 0.25) is 0 Å². The van der Waals surface area contributed by atoms with Gasteiger partial charge in [0.25, 0.3) is 0 Å². The molecule has 0 aromatic carbocycles. The second kappa shape index (κ2) is 6.12. The van der Waals surface area contributed by atoms with Crippen LogP contribution in [0.5, 0.6) is 0 Å². The van der Waals surface area contributed by atoms with Crippen LogP contribution in [0.3, 0.4) is 0 Å². The first-order valence-corrected chi connectivity index (χ1v) is 4.54. The quantitative estimate of drug-likeness (QED) is 0.471. The number of hydrogen-bond acceptors (Lipinski definition) is 3. The molecule has 5 heteroatoms. The number of rotatable bonds is 5. The first-order valence-electron chi connectivity index (χ1n) is 4.54. The molecule has 0 saturated heterocycles. The molecule has 2 amide bonds. The molecular formula is C9H17N3O2. The average Bonchev–Trinajstić information content (AvgIpc) is 2.14. The van der Waals surface area contributed by atoms with Crippen molar-refractivity contribution >= 4 is 17.5 Å². The number of nitrogens with two attached hydrogens (primary N) is 1. The van der Waals surface area contributed by atoms with Gasteiger partial charge in [-0.1, -0.05) is 6.92 Å². The molecule has 5 nitrogen and oxygen atoms in total. The highest BCUT2D eigenvalue weighted by molar-refractivity contribution is 6.18. The van der Waals surface area contributed by atoms with Crippen molar-refractivity contribution in [2.24, 2.45) is 16.6 Å². The predicted octanol–water partition coefficient (Wildman–Crippen LogP) is -0.295. The lowest BCUT2D eigenvalue weighted by Crippen LogP contribution is -2.42. The number of primary amides is 1. The molecule has 0 saturated carbocycles. The fourth-order valence-electron chi connectivity index (χ4n) is 1.00. The van der Waals surface area contributed by atoms with Gasteiger partial charge in [0.15, 0.2) is 5.92 Å². The van der Waals surface area contributed by atoms with E-state index in [0.717, 1.165) is 6.42 Å². The Morgan fingerprint density at radius 3 is 2.43 bits per heavy atom. The maximum absolute atomic E-state index is 11.5. The molecule has 0 spiro atoms. The standard InChI is InChI=1S/C9H17N3O2/c1-4-5-12-9(14)7(8(10)13)6(2)11-3/h7H,4-5H2,1-3H3,(H2,10,13)(H,12,14). The molecule has 0 aliphatic rings.